The first-order valence-corrected chi connectivity index (χ1v) is 11.0. The number of morpholine rings is 1. The fraction of sp³-hybridized carbons (Fsp3) is 0.900. The Kier molecular flexibility index (Phi) is 11.0. The van der Waals surface area contributed by atoms with E-state index >= 15 is 0 Å². The summed E-state index contributed by atoms with van der Waals surface area (Å²) in [5.41, 5.74) is 0. The normalized spacial score (nSPS) is 24.9. The van der Waals surface area contributed by atoms with Gasteiger partial charge in [-0.2, -0.15) is 0 Å². The van der Waals surface area contributed by atoms with Crippen molar-refractivity contribution in [1.82, 2.24) is 24.9 Å². The zero-order valence-corrected chi connectivity index (χ0v) is 20.5. The van der Waals surface area contributed by atoms with Crippen molar-refractivity contribution in [2.75, 3.05) is 85.7 Å². The Morgan fingerprint density at radius 3 is 2.41 bits per heavy atom. The third-order valence-electron chi connectivity index (χ3n) is 6.26. The van der Waals surface area contributed by atoms with Crippen LogP contribution in [0.5, 0.6) is 0 Å². The topological polar surface area (TPSA) is 63.7 Å². The molecule has 0 aromatic carbocycles. The summed E-state index contributed by atoms with van der Waals surface area (Å²) in [7, 11) is 1.87. The number of likely N-dealkylation sites (tertiary alicyclic amines) is 1. The molecule has 1 atom stereocenters. The van der Waals surface area contributed by atoms with Crippen LogP contribution in [0.1, 0.15) is 26.2 Å². The molecule has 1 N–H and O–H groups in total. The number of nitrogens with one attached hydrogen (secondary N) is 1. The number of amides is 1. The van der Waals surface area contributed by atoms with Crippen LogP contribution in [-0.2, 0) is 9.53 Å². The number of halogens is 1. The van der Waals surface area contributed by atoms with E-state index in [1.807, 2.05) is 11.9 Å². The van der Waals surface area contributed by atoms with Gasteiger partial charge in [0.1, 0.15) is 0 Å². The maximum atomic E-state index is 12.4. The van der Waals surface area contributed by atoms with Gasteiger partial charge >= 0.3 is 0 Å². The fourth-order valence-corrected chi connectivity index (χ4v) is 4.47. The first kappa shape index (κ1) is 24.6. The maximum absolute atomic E-state index is 12.4. The van der Waals surface area contributed by atoms with Crippen LogP contribution in [0.4, 0.5) is 0 Å². The largest absolute Gasteiger partial charge is 0.378 e. The number of likely N-dealkylation sites (N-methyl/N-ethyl adjacent to an activating group) is 1. The third kappa shape index (κ3) is 7.22. The van der Waals surface area contributed by atoms with Crippen LogP contribution < -0.4 is 5.32 Å². The quantitative estimate of drug-likeness (QED) is 0.323. The van der Waals surface area contributed by atoms with Gasteiger partial charge in [0.2, 0.25) is 5.91 Å². The average molecular weight is 522 g/mol. The lowest BCUT2D eigenvalue weighted by Gasteiger charge is -2.39. The zero-order chi connectivity index (χ0) is 19.8. The smallest absolute Gasteiger partial charge is 0.236 e. The van der Waals surface area contributed by atoms with E-state index < -0.39 is 0 Å². The molecular weight excluding hydrogens is 483 g/mol. The minimum Gasteiger partial charge on any atom is -0.378 e. The zero-order valence-electron chi connectivity index (χ0n) is 18.1. The van der Waals surface area contributed by atoms with Gasteiger partial charge < -0.3 is 19.9 Å². The number of piperidine rings is 1. The Hall–Kier alpha value is -0.650. The second-order valence-electron chi connectivity index (χ2n) is 7.96. The van der Waals surface area contributed by atoms with Gasteiger partial charge in [0.05, 0.1) is 19.8 Å². The third-order valence-corrected chi connectivity index (χ3v) is 6.26. The molecule has 0 bridgehead atoms. The second-order valence-corrected chi connectivity index (χ2v) is 7.96. The van der Waals surface area contributed by atoms with Gasteiger partial charge in [-0.25, -0.2) is 0 Å². The number of hydrogen-bond acceptors (Lipinski definition) is 5. The first-order valence-electron chi connectivity index (χ1n) is 11.0. The molecule has 3 rings (SSSR count). The summed E-state index contributed by atoms with van der Waals surface area (Å²) in [4.78, 5) is 26.1. The van der Waals surface area contributed by atoms with E-state index in [4.69, 9.17) is 4.74 Å². The van der Waals surface area contributed by atoms with E-state index in [0.717, 1.165) is 58.3 Å². The molecule has 1 amide bonds. The molecule has 0 spiro atoms. The van der Waals surface area contributed by atoms with Gasteiger partial charge in [-0.3, -0.25) is 19.6 Å². The van der Waals surface area contributed by atoms with Gasteiger partial charge in [0.15, 0.2) is 5.96 Å². The summed E-state index contributed by atoms with van der Waals surface area (Å²) < 4.78 is 5.34. The van der Waals surface area contributed by atoms with E-state index in [1.54, 1.807) is 0 Å². The Morgan fingerprint density at radius 2 is 1.76 bits per heavy atom. The summed E-state index contributed by atoms with van der Waals surface area (Å²) >= 11 is 0. The molecule has 0 aromatic heterocycles. The molecule has 3 aliphatic heterocycles. The number of carbonyl (C=O) groups is 1. The van der Waals surface area contributed by atoms with Crippen molar-refractivity contribution in [3.8, 4) is 0 Å². The SMILES string of the molecule is CCN1CCCCC1CNC(=NC)N1CCN(CC(=O)N2CCOCC2)CC1.I. The lowest BCUT2D eigenvalue weighted by Crippen LogP contribution is -2.56. The van der Waals surface area contributed by atoms with Crippen molar-refractivity contribution in [3.05, 3.63) is 0 Å². The minimum atomic E-state index is 0. The Balaban J connectivity index is 0.00000300. The highest BCUT2D eigenvalue weighted by Gasteiger charge is 2.25. The molecule has 3 heterocycles. The predicted molar refractivity (Wildman–Crippen MR) is 127 cm³/mol. The van der Waals surface area contributed by atoms with Gasteiger partial charge in [-0.05, 0) is 25.9 Å². The van der Waals surface area contributed by atoms with E-state index in [0.29, 0.717) is 25.8 Å². The van der Waals surface area contributed by atoms with Gasteiger partial charge in [-0.1, -0.05) is 13.3 Å². The maximum Gasteiger partial charge on any atom is 0.236 e. The molecule has 3 fully saturated rings. The van der Waals surface area contributed by atoms with E-state index in [2.05, 4.69) is 31.9 Å². The highest BCUT2D eigenvalue weighted by Crippen LogP contribution is 2.16. The highest BCUT2D eigenvalue weighted by atomic mass is 127. The van der Waals surface area contributed by atoms with Crippen molar-refractivity contribution >= 4 is 35.8 Å². The molecule has 1 unspecified atom stereocenters. The molecule has 9 heteroatoms. The lowest BCUT2D eigenvalue weighted by atomic mass is 10.0. The van der Waals surface area contributed by atoms with E-state index in [9.17, 15) is 4.79 Å². The van der Waals surface area contributed by atoms with E-state index in [-0.39, 0.29) is 29.9 Å². The molecule has 8 nitrogen and oxygen atoms in total. The number of ether oxygens (including phenoxy) is 1. The number of guanidine groups is 1. The van der Waals surface area contributed by atoms with Gasteiger partial charge in [-0.15, -0.1) is 24.0 Å². The van der Waals surface area contributed by atoms with Crippen LogP contribution in [0.3, 0.4) is 0 Å². The molecule has 0 aliphatic carbocycles. The molecule has 0 saturated carbocycles. The predicted octanol–water partition coefficient (Wildman–Crippen LogP) is 0.531. The van der Waals surface area contributed by atoms with Crippen molar-refractivity contribution < 1.29 is 9.53 Å². The van der Waals surface area contributed by atoms with Gasteiger partial charge in [0.25, 0.3) is 0 Å². The first-order chi connectivity index (χ1) is 13.7. The van der Waals surface area contributed by atoms with Crippen LogP contribution >= 0.6 is 24.0 Å². The summed E-state index contributed by atoms with van der Waals surface area (Å²) in [5.74, 6) is 1.23. The number of aliphatic imine (C=N–C) groups is 1. The van der Waals surface area contributed by atoms with Crippen LogP contribution in [0.25, 0.3) is 0 Å². The molecule has 0 aromatic rings. The second kappa shape index (κ2) is 12.9. The molecule has 3 saturated heterocycles. The van der Waals surface area contributed by atoms with Crippen LogP contribution in [0.2, 0.25) is 0 Å². The van der Waals surface area contributed by atoms with Crippen molar-refractivity contribution in [3.63, 3.8) is 0 Å². The number of carbonyl (C=O) groups excluding carboxylic acids is 1. The Bertz CT molecular complexity index is 521. The van der Waals surface area contributed by atoms with Crippen molar-refractivity contribution in [2.24, 2.45) is 4.99 Å². The fourth-order valence-electron chi connectivity index (χ4n) is 4.47. The summed E-state index contributed by atoms with van der Waals surface area (Å²) in [5, 5.41) is 3.61. The van der Waals surface area contributed by atoms with Crippen LogP contribution in [0, 0.1) is 0 Å². The Morgan fingerprint density at radius 1 is 1.03 bits per heavy atom. The molecule has 0 radical (unpaired) electrons. The molecular formula is C20H39IN6O2. The number of piperazine rings is 1. The summed E-state index contributed by atoms with van der Waals surface area (Å²) in [6, 6.07) is 0.614. The van der Waals surface area contributed by atoms with Gasteiger partial charge in [0, 0.05) is 58.9 Å². The minimum absolute atomic E-state index is 0. The standard InChI is InChI=1S/C20H38N6O2.HI/c1-3-24-7-5-4-6-18(24)16-22-20(21-2)26-10-8-23(9-11-26)17-19(27)25-12-14-28-15-13-25;/h18H,3-17H2,1-2H3,(H,21,22);1H. The van der Waals surface area contributed by atoms with Crippen LogP contribution in [-0.4, -0.2) is 123 Å². The van der Waals surface area contributed by atoms with Crippen LogP contribution in [0.15, 0.2) is 4.99 Å². The lowest BCUT2D eigenvalue weighted by molar-refractivity contribution is -0.136. The molecule has 168 valence electrons. The summed E-state index contributed by atoms with van der Waals surface area (Å²) in [6.45, 7) is 12.5. The molecule has 3 aliphatic rings. The highest BCUT2D eigenvalue weighted by molar-refractivity contribution is 14.0. The average Bonchev–Trinajstić information content (AvgIpc) is 2.76. The number of rotatable bonds is 5. The Labute approximate surface area is 193 Å². The van der Waals surface area contributed by atoms with Crippen molar-refractivity contribution in [2.45, 2.75) is 32.2 Å². The monoisotopic (exact) mass is 522 g/mol. The number of hydrogen-bond donors (Lipinski definition) is 1. The molecule has 29 heavy (non-hydrogen) atoms. The number of nitrogens with zero attached hydrogens (tertiary/aromatic N) is 5. The summed E-state index contributed by atoms with van der Waals surface area (Å²) in [6.07, 6.45) is 3.93. The van der Waals surface area contributed by atoms with Crippen molar-refractivity contribution in [1.29, 1.82) is 0 Å². The van der Waals surface area contributed by atoms with E-state index in [1.165, 1.54) is 25.8 Å².